The van der Waals surface area contributed by atoms with Crippen molar-refractivity contribution in [2.75, 3.05) is 30.7 Å². The molecule has 1 rings (SSSR count). The quantitative estimate of drug-likeness (QED) is 0.554. The topological polar surface area (TPSA) is 103 Å². The number of hydrogen-bond donors (Lipinski definition) is 3. The molecule has 0 saturated heterocycles. The van der Waals surface area contributed by atoms with Crippen molar-refractivity contribution in [1.82, 2.24) is 5.32 Å². The van der Waals surface area contributed by atoms with Gasteiger partial charge in [-0.1, -0.05) is 0 Å². The van der Waals surface area contributed by atoms with E-state index in [9.17, 15) is 9.00 Å². The predicted molar refractivity (Wildman–Crippen MR) is 85.5 cm³/mol. The number of thiocarbonyl (C=S) groups is 1. The molecular weight excluding hydrogens is 314 g/mol. The van der Waals surface area contributed by atoms with Gasteiger partial charge in [-0.05, 0) is 37.3 Å². The summed E-state index contributed by atoms with van der Waals surface area (Å²) in [5.41, 5.74) is 6.65. The monoisotopic (exact) mass is 331 g/mol. The second-order valence-corrected chi connectivity index (χ2v) is 5.58. The molecule has 0 heterocycles. The minimum Gasteiger partial charge on any atom is -0.453 e. The second kappa shape index (κ2) is 8.55. The number of carbonyl (C=O) groups is 1. The fourth-order valence-corrected chi connectivity index (χ4v) is 2.43. The number of ether oxygens (including phenoxy) is 2. The highest BCUT2D eigenvalue weighted by Gasteiger charge is 2.10. The molecule has 7 nitrogen and oxygen atoms in total. The van der Waals surface area contributed by atoms with Crippen molar-refractivity contribution in [2.24, 2.45) is 0 Å². The molecule has 1 atom stereocenters. The van der Waals surface area contributed by atoms with Crippen molar-refractivity contribution in [3.63, 3.8) is 0 Å². The number of alkyl carbamates (subject to hydrolysis) is 1. The Balaban J connectivity index is 2.80. The summed E-state index contributed by atoms with van der Waals surface area (Å²) in [6, 6.07) is 4.84. The zero-order valence-electron chi connectivity index (χ0n) is 11.7. The molecule has 1 unspecified atom stereocenters. The predicted octanol–water partition coefficient (Wildman–Crippen LogP) is 1.42. The number of nitrogens with one attached hydrogen (secondary N) is 2. The van der Waals surface area contributed by atoms with E-state index >= 15 is 0 Å². The molecule has 0 aliphatic carbocycles. The average Bonchev–Trinajstić information content (AvgIpc) is 2.46. The van der Waals surface area contributed by atoms with E-state index in [2.05, 4.69) is 15.4 Å². The Bertz CT molecular complexity index is 551. The second-order valence-electron chi connectivity index (χ2n) is 3.78. The third-order valence-electron chi connectivity index (χ3n) is 2.33. The van der Waals surface area contributed by atoms with Crippen molar-refractivity contribution >= 4 is 45.6 Å². The van der Waals surface area contributed by atoms with Gasteiger partial charge in [-0.15, -0.1) is 0 Å². The van der Waals surface area contributed by atoms with Gasteiger partial charge in [0, 0.05) is 11.5 Å². The van der Waals surface area contributed by atoms with Crippen LogP contribution in [-0.2, 0) is 20.3 Å². The molecule has 116 valence electrons. The maximum Gasteiger partial charge on any atom is 0.413 e. The van der Waals surface area contributed by atoms with E-state index in [4.69, 9.17) is 22.7 Å². The minimum absolute atomic E-state index is 0.0290. The van der Waals surface area contributed by atoms with Gasteiger partial charge >= 0.3 is 6.09 Å². The summed E-state index contributed by atoms with van der Waals surface area (Å²) in [4.78, 5) is 11.6. The van der Waals surface area contributed by atoms with Crippen LogP contribution in [0, 0.1) is 0 Å². The number of carbonyl (C=O) groups excluding carboxylic acids is 1. The zero-order valence-corrected chi connectivity index (χ0v) is 13.3. The first-order chi connectivity index (χ1) is 9.97. The number of hydrogen-bond acceptors (Lipinski definition) is 6. The van der Waals surface area contributed by atoms with E-state index in [0.29, 0.717) is 22.9 Å². The average molecular weight is 331 g/mol. The lowest BCUT2D eigenvalue weighted by molar-refractivity contribution is 0.177. The molecule has 0 fully saturated rings. The van der Waals surface area contributed by atoms with Gasteiger partial charge in [0.2, 0.25) is 0 Å². The van der Waals surface area contributed by atoms with Crippen LogP contribution in [0.4, 0.5) is 16.2 Å². The molecule has 0 saturated carbocycles. The van der Waals surface area contributed by atoms with Crippen LogP contribution in [0.3, 0.4) is 0 Å². The summed E-state index contributed by atoms with van der Waals surface area (Å²) >= 11 is 4.94. The number of nitrogen functional groups attached to an aromatic ring is 1. The first-order valence-electron chi connectivity index (χ1n) is 5.99. The standard InChI is InChI=1S/C12H17N3O4S2/c1-3-19-7-21(17)8-4-5-9(13)10(6-8)14-11(20)15-12(16)18-2/h4-6H,3,7,13H2,1-2H3,(H2,14,15,16,20). The number of methoxy groups -OCH3 is 1. The fraction of sp³-hybridized carbons (Fsp3) is 0.333. The molecule has 0 aliphatic heterocycles. The molecular formula is C12H17N3O4S2. The highest BCUT2D eigenvalue weighted by molar-refractivity contribution is 7.84. The van der Waals surface area contributed by atoms with Gasteiger partial charge in [0.15, 0.2) is 5.11 Å². The van der Waals surface area contributed by atoms with Gasteiger partial charge in [-0.3, -0.25) is 9.53 Å². The fourth-order valence-electron chi connectivity index (χ4n) is 1.31. The summed E-state index contributed by atoms with van der Waals surface area (Å²) < 4.78 is 21.5. The third kappa shape index (κ3) is 5.66. The van der Waals surface area contributed by atoms with Gasteiger partial charge in [0.1, 0.15) is 5.94 Å². The number of amides is 1. The molecule has 1 aromatic rings. The van der Waals surface area contributed by atoms with E-state index in [1.807, 2.05) is 6.92 Å². The molecule has 4 N–H and O–H groups in total. The van der Waals surface area contributed by atoms with Crippen LogP contribution in [-0.4, -0.2) is 35.1 Å². The van der Waals surface area contributed by atoms with E-state index in [1.165, 1.54) is 7.11 Å². The van der Waals surface area contributed by atoms with Gasteiger partial charge < -0.3 is 20.5 Å². The van der Waals surface area contributed by atoms with Crippen LogP contribution in [0.1, 0.15) is 6.92 Å². The Hall–Kier alpha value is -1.71. The molecule has 0 bridgehead atoms. The molecule has 21 heavy (non-hydrogen) atoms. The van der Waals surface area contributed by atoms with Crippen LogP contribution in [0.15, 0.2) is 23.1 Å². The summed E-state index contributed by atoms with van der Waals surface area (Å²) in [5.74, 6) is 0.102. The van der Waals surface area contributed by atoms with E-state index in [1.54, 1.807) is 18.2 Å². The van der Waals surface area contributed by atoms with Crippen LogP contribution >= 0.6 is 12.2 Å². The number of rotatable bonds is 5. The van der Waals surface area contributed by atoms with Crippen LogP contribution in [0.2, 0.25) is 0 Å². The molecule has 0 radical (unpaired) electrons. The Morgan fingerprint density at radius 1 is 1.48 bits per heavy atom. The van der Waals surface area contributed by atoms with E-state index in [-0.39, 0.29) is 11.1 Å². The van der Waals surface area contributed by atoms with Crippen molar-refractivity contribution < 1.29 is 18.5 Å². The molecule has 0 spiro atoms. The number of benzene rings is 1. The Morgan fingerprint density at radius 2 is 2.19 bits per heavy atom. The Morgan fingerprint density at radius 3 is 2.81 bits per heavy atom. The molecule has 1 aromatic carbocycles. The van der Waals surface area contributed by atoms with Gasteiger partial charge in [-0.25, -0.2) is 4.79 Å². The molecule has 9 heteroatoms. The van der Waals surface area contributed by atoms with Gasteiger partial charge in [0.25, 0.3) is 0 Å². The lowest BCUT2D eigenvalue weighted by atomic mass is 10.3. The molecule has 1 amide bonds. The van der Waals surface area contributed by atoms with Crippen LogP contribution in [0.5, 0.6) is 0 Å². The van der Waals surface area contributed by atoms with Crippen molar-refractivity contribution in [3.05, 3.63) is 18.2 Å². The summed E-state index contributed by atoms with van der Waals surface area (Å²) in [5, 5.41) is 5.07. The normalized spacial score (nSPS) is 11.5. The van der Waals surface area contributed by atoms with E-state index < -0.39 is 16.9 Å². The van der Waals surface area contributed by atoms with Gasteiger partial charge in [0.05, 0.1) is 29.3 Å². The largest absolute Gasteiger partial charge is 0.453 e. The van der Waals surface area contributed by atoms with Gasteiger partial charge in [-0.2, -0.15) is 0 Å². The smallest absolute Gasteiger partial charge is 0.413 e. The Kier molecular flexibility index (Phi) is 7.06. The summed E-state index contributed by atoms with van der Waals surface area (Å²) in [6.45, 7) is 2.31. The molecule has 0 aliphatic rings. The van der Waals surface area contributed by atoms with Crippen molar-refractivity contribution in [3.8, 4) is 0 Å². The lowest BCUT2D eigenvalue weighted by Gasteiger charge is -2.12. The SMILES string of the molecule is CCOCS(=O)c1ccc(N)c(NC(=S)NC(=O)OC)c1. The maximum atomic E-state index is 12.0. The summed E-state index contributed by atoms with van der Waals surface area (Å²) in [7, 11) is -0.0761. The number of nitrogens with two attached hydrogens (primary N) is 1. The zero-order chi connectivity index (χ0) is 15.8. The van der Waals surface area contributed by atoms with Crippen LogP contribution < -0.4 is 16.4 Å². The first kappa shape index (κ1) is 17.3. The van der Waals surface area contributed by atoms with Crippen molar-refractivity contribution in [2.45, 2.75) is 11.8 Å². The maximum absolute atomic E-state index is 12.0. The van der Waals surface area contributed by atoms with E-state index in [0.717, 1.165) is 0 Å². The highest BCUT2D eigenvalue weighted by Crippen LogP contribution is 2.22. The van der Waals surface area contributed by atoms with Crippen LogP contribution in [0.25, 0.3) is 0 Å². The third-order valence-corrected chi connectivity index (χ3v) is 3.70. The number of anilines is 2. The van der Waals surface area contributed by atoms with Crippen molar-refractivity contribution in [1.29, 1.82) is 0 Å². The Labute approximate surface area is 130 Å². The lowest BCUT2D eigenvalue weighted by Crippen LogP contribution is -2.34. The molecule has 0 aromatic heterocycles. The highest BCUT2D eigenvalue weighted by atomic mass is 32.2. The minimum atomic E-state index is -1.30. The first-order valence-corrected chi connectivity index (χ1v) is 7.72. The summed E-state index contributed by atoms with van der Waals surface area (Å²) in [6.07, 6.45) is -0.692.